The van der Waals surface area contributed by atoms with Crippen LogP contribution in [-0.2, 0) is 10.8 Å². The molecule has 0 aliphatic carbocycles. The summed E-state index contributed by atoms with van der Waals surface area (Å²) in [5, 5.41) is 16.5. The summed E-state index contributed by atoms with van der Waals surface area (Å²) in [5.41, 5.74) is 2.37. The third kappa shape index (κ3) is 26.9. The Bertz CT molecular complexity index is 1250. The van der Waals surface area contributed by atoms with Gasteiger partial charge in [0, 0.05) is 28.3 Å². The zero-order chi connectivity index (χ0) is 43.7. The van der Waals surface area contributed by atoms with Crippen LogP contribution in [0, 0.1) is 0 Å². The standard InChI is InChI=1S/C53H96N4OS2/c1-9-11-13-15-17-19-21-23-25-27-29-31-33-35-37-39-41-59-50-55-49(54-45-43-46(52(3,4)5)48(58)47(44-45)53(6,7)8)56-51(57-50)60-42-40-38-36-34-32-30-28-26-24-22-20-18-16-14-12-10-2/h43-44,58H,9-42H2,1-8H3,(H,54,55,56,57). The lowest BCUT2D eigenvalue weighted by Crippen LogP contribution is -2.18. The molecule has 0 fully saturated rings. The number of unbranched alkanes of at least 4 members (excludes halogenated alkanes) is 30. The summed E-state index contributed by atoms with van der Waals surface area (Å²) in [6, 6.07) is 4.14. The Morgan fingerprint density at radius 2 is 0.683 bits per heavy atom. The molecule has 0 radical (unpaired) electrons. The van der Waals surface area contributed by atoms with E-state index in [1.807, 2.05) is 0 Å². The monoisotopic (exact) mass is 869 g/mol. The largest absolute Gasteiger partial charge is 0.507 e. The van der Waals surface area contributed by atoms with E-state index in [4.69, 9.17) is 15.0 Å². The van der Waals surface area contributed by atoms with Crippen LogP contribution in [-0.4, -0.2) is 31.6 Å². The maximum Gasteiger partial charge on any atom is 0.232 e. The first-order valence-corrected chi connectivity index (χ1v) is 27.6. The Kier molecular flexibility index (Phi) is 31.0. The summed E-state index contributed by atoms with van der Waals surface area (Å²) in [6.07, 6.45) is 44.4. The van der Waals surface area contributed by atoms with E-state index in [1.165, 1.54) is 205 Å². The van der Waals surface area contributed by atoms with Gasteiger partial charge < -0.3 is 10.4 Å². The topological polar surface area (TPSA) is 70.9 Å². The number of anilines is 2. The Morgan fingerprint density at radius 3 is 0.950 bits per heavy atom. The van der Waals surface area contributed by atoms with Gasteiger partial charge in [-0.25, -0.2) is 0 Å². The molecule has 0 amide bonds. The predicted molar refractivity (Wildman–Crippen MR) is 269 cm³/mol. The maximum atomic E-state index is 11.3. The number of benzene rings is 1. The van der Waals surface area contributed by atoms with Crippen molar-refractivity contribution in [3.8, 4) is 5.75 Å². The number of thioether (sulfide) groups is 2. The summed E-state index contributed by atoms with van der Waals surface area (Å²) in [4.78, 5) is 14.8. The molecule has 0 spiro atoms. The molecule has 1 aromatic heterocycles. The number of phenols is 1. The highest BCUT2D eigenvalue weighted by Gasteiger charge is 2.27. The van der Waals surface area contributed by atoms with Gasteiger partial charge in [-0.15, -0.1) is 0 Å². The number of hydrogen-bond donors (Lipinski definition) is 2. The SMILES string of the molecule is CCCCCCCCCCCCCCCCCCSc1nc(Nc2cc(C(C)(C)C)c(O)c(C(C)(C)C)c2)nc(SCCCCCCCCCCCCCCCCCC)n1. The minimum absolute atomic E-state index is 0.206. The lowest BCUT2D eigenvalue weighted by atomic mass is 9.79. The molecule has 0 saturated heterocycles. The quantitative estimate of drug-likeness (QED) is 0.0396. The van der Waals surface area contributed by atoms with Gasteiger partial charge in [0.25, 0.3) is 0 Å². The number of phenolic OH excluding ortho intramolecular Hbond substituents is 1. The van der Waals surface area contributed by atoms with E-state index in [2.05, 4.69) is 72.8 Å². The molecule has 2 N–H and O–H groups in total. The lowest BCUT2D eigenvalue weighted by Gasteiger charge is -2.28. The van der Waals surface area contributed by atoms with Gasteiger partial charge in [0.1, 0.15) is 5.75 Å². The molecule has 0 bridgehead atoms. The van der Waals surface area contributed by atoms with Gasteiger partial charge in [-0.05, 0) is 35.8 Å². The minimum Gasteiger partial charge on any atom is -0.507 e. The van der Waals surface area contributed by atoms with Crippen molar-refractivity contribution in [1.29, 1.82) is 0 Å². The van der Waals surface area contributed by atoms with Crippen LogP contribution < -0.4 is 5.32 Å². The van der Waals surface area contributed by atoms with Crippen molar-refractivity contribution in [2.75, 3.05) is 16.8 Å². The normalized spacial score (nSPS) is 12.1. The number of nitrogens with zero attached hydrogens (tertiary/aromatic N) is 3. The van der Waals surface area contributed by atoms with Crippen LogP contribution in [0.15, 0.2) is 22.4 Å². The van der Waals surface area contributed by atoms with E-state index < -0.39 is 0 Å². The fourth-order valence-electron chi connectivity index (χ4n) is 8.13. The third-order valence-corrected chi connectivity index (χ3v) is 13.9. The fraction of sp³-hybridized carbons (Fsp3) is 0.830. The van der Waals surface area contributed by atoms with E-state index in [1.54, 1.807) is 23.5 Å². The highest BCUT2D eigenvalue weighted by atomic mass is 32.2. The van der Waals surface area contributed by atoms with Crippen LogP contribution in [0.25, 0.3) is 0 Å². The lowest BCUT2D eigenvalue weighted by molar-refractivity contribution is 0.423. The van der Waals surface area contributed by atoms with E-state index in [0.717, 1.165) is 38.6 Å². The van der Waals surface area contributed by atoms with E-state index in [9.17, 15) is 5.11 Å². The molecule has 2 rings (SSSR count). The van der Waals surface area contributed by atoms with E-state index in [0.29, 0.717) is 11.7 Å². The van der Waals surface area contributed by atoms with Crippen LogP contribution in [0.1, 0.15) is 272 Å². The predicted octanol–water partition coefficient (Wildman–Crippen LogP) is 18.6. The molecule has 2 aromatic rings. The Labute approximate surface area is 381 Å². The Morgan fingerprint density at radius 1 is 0.417 bits per heavy atom. The molecule has 60 heavy (non-hydrogen) atoms. The first kappa shape index (κ1) is 54.7. The molecule has 1 heterocycles. The van der Waals surface area contributed by atoms with Gasteiger partial charge in [0.2, 0.25) is 5.95 Å². The summed E-state index contributed by atoms with van der Waals surface area (Å²) >= 11 is 3.55. The Hall–Kier alpha value is -1.47. The van der Waals surface area contributed by atoms with Gasteiger partial charge in [0.05, 0.1) is 0 Å². The maximum absolute atomic E-state index is 11.3. The molecular formula is C53H96N4OS2. The minimum atomic E-state index is -0.206. The van der Waals surface area contributed by atoms with Crippen molar-refractivity contribution in [3.05, 3.63) is 23.3 Å². The number of rotatable bonds is 38. The number of aromatic nitrogens is 3. The highest BCUT2D eigenvalue weighted by molar-refractivity contribution is 7.99. The number of hydrogen-bond acceptors (Lipinski definition) is 7. The molecule has 0 aliphatic rings. The van der Waals surface area contributed by atoms with Crippen molar-refractivity contribution in [3.63, 3.8) is 0 Å². The summed E-state index contributed by atoms with van der Waals surface area (Å²) in [7, 11) is 0. The molecule has 0 aliphatic heterocycles. The average molecular weight is 870 g/mol. The molecular weight excluding hydrogens is 773 g/mol. The summed E-state index contributed by atoms with van der Waals surface area (Å²) < 4.78 is 0. The van der Waals surface area contributed by atoms with Crippen molar-refractivity contribution >= 4 is 35.2 Å². The third-order valence-electron chi connectivity index (χ3n) is 12.0. The fourth-order valence-corrected chi connectivity index (χ4v) is 9.85. The molecule has 1 aromatic carbocycles. The van der Waals surface area contributed by atoms with E-state index >= 15 is 0 Å². The zero-order valence-corrected chi connectivity index (χ0v) is 42.4. The van der Waals surface area contributed by atoms with Crippen LogP contribution in [0.4, 0.5) is 11.6 Å². The van der Waals surface area contributed by atoms with Gasteiger partial charge in [-0.3, -0.25) is 0 Å². The second-order valence-electron chi connectivity index (χ2n) is 20.1. The van der Waals surface area contributed by atoms with E-state index in [-0.39, 0.29) is 10.8 Å². The average Bonchev–Trinajstić information content (AvgIpc) is 3.20. The first-order chi connectivity index (χ1) is 29.0. The van der Waals surface area contributed by atoms with Gasteiger partial charge in [-0.1, -0.05) is 272 Å². The van der Waals surface area contributed by atoms with Crippen LogP contribution >= 0.6 is 23.5 Å². The van der Waals surface area contributed by atoms with Crippen molar-refractivity contribution in [1.82, 2.24) is 15.0 Å². The molecule has 0 unspecified atom stereocenters. The van der Waals surface area contributed by atoms with Gasteiger partial charge in [0.15, 0.2) is 10.3 Å². The summed E-state index contributed by atoms with van der Waals surface area (Å²) in [6.45, 7) is 17.5. The van der Waals surface area contributed by atoms with Crippen molar-refractivity contribution < 1.29 is 5.11 Å². The molecule has 5 nitrogen and oxygen atoms in total. The molecule has 0 atom stereocenters. The van der Waals surface area contributed by atoms with Crippen LogP contribution in [0.3, 0.4) is 0 Å². The molecule has 0 saturated carbocycles. The Balaban J connectivity index is 1.81. The van der Waals surface area contributed by atoms with Gasteiger partial charge in [-0.2, -0.15) is 15.0 Å². The van der Waals surface area contributed by atoms with Gasteiger partial charge >= 0.3 is 0 Å². The zero-order valence-electron chi connectivity index (χ0n) is 40.8. The van der Waals surface area contributed by atoms with Crippen molar-refractivity contribution in [2.24, 2.45) is 0 Å². The first-order valence-electron chi connectivity index (χ1n) is 25.6. The highest BCUT2D eigenvalue weighted by Crippen LogP contribution is 2.41. The smallest absolute Gasteiger partial charge is 0.232 e. The second kappa shape index (κ2) is 34.0. The molecule has 7 heteroatoms. The van der Waals surface area contributed by atoms with Crippen LogP contribution in [0.5, 0.6) is 5.75 Å². The number of nitrogens with one attached hydrogen (secondary N) is 1. The van der Waals surface area contributed by atoms with Crippen LogP contribution in [0.2, 0.25) is 0 Å². The summed E-state index contributed by atoms with van der Waals surface area (Å²) in [5.74, 6) is 3.06. The second-order valence-corrected chi connectivity index (χ2v) is 22.2. The number of aromatic hydroxyl groups is 1. The molecule has 346 valence electrons. The van der Waals surface area contributed by atoms with Crippen molar-refractivity contribution in [2.45, 2.75) is 282 Å².